The van der Waals surface area contributed by atoms with Crippen molar-refractivity contribution in [1.82, 2.24) is 10.6 Å². The van der Waals surface area contributed by atoms with Crippen LogP contribution in [0, 0.1) is 5.41 Å². The van der Waals surface area contributed by atoms with Crippen molar-refractivity contribution in [1.29, 1.82) is 0 Å². The van der Waals surface area contributed by atoms with Gasteiger partial charge in [-0.2, -0.15) is 0 Å². The highest BCUT2D eigenvalue weighted by atomic mass is 16.5. The van der Waals surface area contributed by atoms with Crippen LogP contribution in [0.4, 0.5) is 0 Å². The minimum atomic E-state index is -0.710. The molecular formula is C30H40N2O6. The van der Waals surface area contributed by atoms with Gasteiger partial charge in [-0.3, -0.25) is 19.7 Å². The summed E-state index contributed by atoms with van der Waals surface area (Å²) in [6.07, 6.45) is 5.74. The summed E-state index contributed by atoms with van der Waals surface area (Å²) in [5, 5.41) is 5.26. The van der Waals surface area contributed by atoms with Gasteiger partial charge in [-0.05, 0) is 55.2 Å². The average Bonchev–Trinajstić information content (AvgIpc) is 3.72. The number of aryl methyl sites for hydroxylation is 2. The Hall–Kier alpha value is -3.07. The van der Waals surface area contributed by atoms with Crippen molar-refractivity contribution in [3.8, 4) is 0 Å². The average molecular weight is 525 g/mol. The number of carbonyl (C=O) groups is 3. The Kier molecular flexibility index (Phi) is 12.4. The lowest BCUT2D eigenvalue weighted by atomic mass is 10.0. The van der Waals surface area contributed by atoms with Crippen LogP contribution in [0.3, 0.4) is 0 Å². The number of imide groups is 1. The van der Waals surface area contributed by atoms with E-state index in [2.05, 4.69) is 47.0 Å². The molecule has 0 atom stereocenters. The molecule has 8 nitrogen and oxygen atoms in total. The van der Waals surface area contributed by atoms with Gasteiger partial charge in [0, 0.05) is 13.7 Å². The first-order chi connectivity index (χ1) is 18.5. The zero-order valence-corrected chi connectivity index (χ0v) is 22.3. The molecule has 0 aromatic heterocycles. The number of carbonyl (C=O) groups excluding carboxylic acids is 3. The van der Waals surface area contributed by atoms with Gasteiger partial charge in [0.2, 0.25) is 17.7 Å². The maximum absolute atomic E-state index is 12.7. The molecule has 1 aliphatic carbocycles. The van der Waals surface area contributed by atoms with Gasteiger partial charge in [0.25, 0.3) is 0 Å². The summed E-state index contributed by atoms with van der Waals surface area (Å²) in [4.78, 5) is 37.2. The van der Waals surface area contributed by atoms with Crippen LogP contribution < -0.4 is 10.6 Å². The van der Waals surface area contributed by atoms with E-state index in [0.29, 0.717) is 39.3 Å². The molecule has 0 bridgehead atoms. The van der Waals surface area contributed by atoms with Gasteiger partial charge in [-0.15, -0.1) is 0 Å². The first-order valence-electron chi connectivity index (χ1n) is 13.4. The highest BCUT2D eigenvalue weighted by molar-refractivity contribution is 6.00. The fourth-order valence-corrected chi connectivity index (χ4v) is 4.10. The molecule has 0 aliphatic heterocycles. The molecule has 2 aromatic carbocycles. The van der Waals surface area contributed by atoms with E-state index in [1.54, 1.807) is 7.11 Å². The minimum Gasteiger partial charge on any atom is -0.382 e. The molecule has 2 N–H and O–H groups in total. The van der Waals surface area contributed by atoms with Gasteiger partial charge in [-0.25, -0.2) is 0 Å². The van der Waals surface area contributed by atoms with Crippen molar-refractivity contribution in [2.75, 3.05) is 46.7 Å². The van der Waals surface area contributed by atoms with Crippen LogP contribution in [0.5, 0.6) is 0 Å². The number of unbranched alkanes of at least 4 members (excludes halogenated alkanes) is 1. The van der Waals surface area contributed by atoms with E-state index in [0.717, 1.165) is 31.2 Å². The Morgan fingerprint density at radius 2 is 1.37 bits per heavy atom. The van der Waals surface area contributed by atoms with Gasteiger partial charge in [0.1, 0.15) is 6.61 Å². The molecule has 3 rings (SSSR count). The van der Waals surface area contributed by atoms with Gasteiger partial charge >= 0.3 is 0 Å². The predicted octanol–water partition coefficient (Wildman–Crippen LogP) is 3.01. The lowest BCUT2D eigenvalue weighted by molar-refractivity contribution is -0.133. The Bertz CT molecular complexity index is 1010. The fraction of sp³-hybridized carbons (Fsp3) is 0.500. The number of ether oxygens (including phenoxy) is 3. The summed E-state index contributed by atoms with van der Waals surface area (Å²) in [5.74, 6) is -0.960. The Morgan fingerprint density at radius 3 is 2.03 bits per heavy atom. The molecule has 0 radical (unpaired) electrons. The van der Waals surface area contributed by atoms with E-state index >= 15 is 0 Å². The largest absolute Gasteiger partial charge is 0.382 e. The first-order valence-corrected chi connectivity index (χ1v) is 13.4. The second-order valence-corrected chi connectivity index (χ2v) is 9.78. The van der Waals surface area contributed by atoms with E-state index in [1.807, 2.05) is 18.2 Å². The molecular weight excluding hydrogens is 484 g/mol. The molecule has 38 heavy (non-hydrogen) atoms. The number of methoxy groups -OCH3 is 1. The molecule has 206 valence electrons. The van der Waals surface area contributed by atoms with E-state index in [1.165, 1.54) is 11.1 Å². The van der Waals surface area contributed by atoms with Crippen molar-refractivity contribution in [2.45, 2.75) is 44.9 Å². The topological polar surface area (TPSA) is 103 Å². The Balaban J connectivity index is 1.29. The molecule has 1 saturated carbocycles. The van der Waals surface area contributed by atoms with Crippen molar-refractivity contribution in [2.24, 2.45) is 5.41 Å². The number of hydrogen-bond donors (Lipinski definition) is 2. The minimum absolute atomic E-state index is 0.104. The van der Waals surface area contributed by atoms with Crippen molar-refractivity contribution < 1.29 is 28.6 Å². The zero-order valence-electron chi connectivity index (χ0n) is 22.3. The second-order valence-electron chi connectivity index (χ2n) is 9.78. The highest BCUT2D eigenvalue weighted by Gasteiger charge is 2.50. The highest BCUT2D eigenvalue weighted by Crippen LogP contribution is 2.45. The number of amides is 3. The summed E-state index contributed by atoms with van der Waals surface area (Å²) >= 11 is 0. The third kappa shape index (κ3) is 10.7. The number of benzene rings is 2. The van der Waals surface area contributed by atoms with Gasteiger partial charge in [0.15, 0.2) is 0 Å². The van der Waals surface area contributed by atoms with E-state index < -0.39 is 5.41 Å². The lowest BCUT2D eigenvalue weighted by Gasteiger charge is -2.15. The summed E-state index contributed by atoms with van der Waals surface area (Å²) in [6, 6.07) is 18.5. The van der Waals surface area contributed by atoms with E-state index in [4.69, 9.17) is 14.2 Å². The SMILES string of the molecule is COCCOCCOCC(=O)NCC1(C(=O)NC(=O)Cc2ccc(CCCCc3ccccc3)cc2)CC1. The van der Waals surface area contributed by atoms with Crippen LogP contribution in [-0.4, -0.2) is 64.4 Å². The standard InChI is InChI=1S/C30H40N2O6/c1-36-17-18-37-19-20-38-22-28(34)31-23-30(15-16-30)29(35)32-27(33)21-26-13-11-25(12-14-26)10-6-5-9-24-7-3-2-4-8-24/h2-4,7-8,11-14H,5-6,9-10,15-23H2,1H3,(H,31,34)(H,32,33,35). The molecule has 1 aliphatic rings. The van der Waals surface area contributed by atoms with Crippen molar-refractivity contribution in [3.05, 3.63) is 71.3 Å². The predicted molar refractivity (Wildman–Crippen MR) is 145 cm³/mol. The summed E-state index contributed by atoms with van der Waals surface area (Å²) < 4.78 is 15.4. The summed E-state index contributed by atoms with van der Waals surface area (Å²) in [5.41, 5.74) is 2.76. The van der Waals surface area contributed by atoms with Crippen LogP contribution in [-0.2, 0) is 47.9 Å². The molecule has 0 saturated heterocycles. The second kappa shape index (κ2) is 16.0. The normalized spacial score (nSPS) is 13.6. The molecule has 0 spiro atoms. The Labute approximate surface area is 225 Å². The number of hydrogen-bond acceptors (Lipinski definition) is 6. The number of rotatable bonds is 18. The van der Waals surface area contributed by atoms with Crippen LogP contribution in [0.15, 0.2) is 54.6 Å². The lowest BCUT2D eigenvalue weighted by Crippen LogP contribution is -2.43. The third-order valence-corrected chi connectivity index (χ3v) is 6.66. The molecule has 0 unspecified atom stereocenters. The molecule has 1 fully saturated rings. The van der Waals surface area contributed by atoms with Crippen LogP contribution >= 0.6 is 0 Å². The third-order valence-electron chi connectivity index (χ3n) is 6.66. The van der Waals surface area contributed by atoms with Gasteiger partial charge < -0.3 is 19.5 Å². The quantitative estimate of drug-likeness (QED) is 0.291. The van der Waals surface area contributed by atoms with Gasteiger partial charge in [-0.1, -0.05) is 54.6 Å². The smallest absolute Gasteiger partial charge is 0.246 e. The van der Waals surface area contributed by atoms with Crippen LogP contribution in [0.25, 0.3) is 0 Å². The fourth-order valence-electron chi connectivity index (χ4n) is 4.10. The molecule has 2 aromatic rings. The van der Waals surface area contributed by atoms with E-state index in [9.17, 15) is 14.4 Å². The van der Waals surface area contributed by atoms with Crippen LogP contribution in [0.2, 0.25) is 0 Å². The monoisotopic (exact) mass is 524 g/mol. The van der Waals surface area contributed by atoms with E-state index in [-0.39, 0.29) is 37.3 Å². The van der Waals surface area contributed by atoms with Crippen LogP contribution in [0.1, 0.15) is 42.4 Å². The van der Waals surface area contributed by atoms with Crippen molar-refractivity contribution in [3.63, 3.8) is 0 Å². The summed E-state index contributed by atoms with van der Waals surface area (Å²) in [7, 11) is 1.60. The van der Waals surface area contributed by atoms with Crippen molar-refractivity contribution >= 4 is 17.7 Å². The molecule has 8 heteroatoms. The number of nitrogens with one attached hydrogen (secondary N) is 2. The van der Waals surface area contributed by atoms with Gasteiger partial charge in [0.05, 0.1) is 38.3 Å². The summed E-state index contributed by atoms with van der Waals surface area (Å²) in [6.45, 7) is 1.75. The maximum atomic E-state index is 12.7. The maximum Gasteiger partial charge on any atom is 0.246 e. The Morgan fingerprint density at radius 1 is 0.763 bits per heavy atom. The molecule has 3 amide bonds. The zero-order chi connectivity index (χ0) is 27.1. The molecule has 0 heterocycles. The first kappa shape index (κ1) is 29.5.